The second kappa shape index (κ2) is 4.12. The molecule has 2 heterocycles. The molecule has 0 atom stereocenters. The maximum Gasteiger partial charge on any atom is 0.354 e. The van der Waals surface area contributed by atoms with Gasteiger partial charge in [-0.05, 0) is 12.1 Å². The van der Waals surface area contributed by atoms with E-state index < -0.39 is 5.97 Å². The normalized spacial score (nSPS) is 11.1. The minimum atomic E-state index is -1.02. The second-order valence-corrected chi connectivity index (χ2v) is 4.65. The molecule has 0 unspecified atom stereocenters. The summed E-state index contributed by atoms with van der Waals surface area (Å²) < 4.78 is 3.13. The van der Waals surface area contributed by atoms with Crippen LogP contribution in [0.15, 0.2) is 30.3 Å². The number of nitrogens with zero attached hydrogens (tertiary/aromatic N) is 3. The zero-order chi connectivity index (χ0) is 14.4. The predicted octanol–water partition coefficient (Wildman–Crippen LogP) is 1.98. The lowest BCUT2D eigenvalue weighted by Gasteiger charge is -2.02. The van der Waals surface area contributed by atoms with Crippen molar-refractivity contribution in [1.82, 2.24) is 14.3 Å². The average Bonchev–Trinajstić information content (AvgIpc) is 2.91. The van der Waals surface area contributed by atoms with Gasteiger partial charge < -0.3 is 14.8 Å². The molecule has 0 radical (unpaired) electrons. The van der Waals surface area contributed by atoms with Crippen LogP contribution in [-0.4, -0.2) is 30.5 Å². The summed E-state index contributed by atoms with van der Waals surface area (Å²) in [6.07, 6.45) is 0. The van der Waals surface area contributed by atoms with Gasteiger partial charge in [-0.3, -0.25) is 4.68 Å². The highest BCUT2D eigenvalue weighted by Crippen LogP contribution is 2.31. The van der Waals surface area contributed by atoms with E-state index >= 15 is 0 Å². The van der Waals surface area contributed by atoms with Crippen molar-refractivity contribution in [2.45, 2.75) is 0 Å². The van der Waals surface area contributed by atoms with Gasteiger partial charge in [0.1, 0.15) is 17.1 Å². The number of aromatic carboxylic acids is 1. The standard InChI is InChI=1S/C14H13N3O3/c1-16-10(6-8-4-3-5-12(18)13(8)16)9-7-11(14(19)20)17(2)15-9/h3-7,18H,1-2H3,(H,19,20). The Kier molecular flexibility index (Phi) is 2.53. The molecule has 2 N–H and O–H groups in total. The molecule has 0 amide bonds. The third-order valence-corrected chi connectivity index (χ3v) is 3.40. The maximum atomic E-state index is 11.1. The highest BCUT2D eigenvalue weighted by atomic mass is 16.4. The molecule has 102 valence electrons. The SMILES string of the molecule is Cn1nc(-c2cc3cccc(O)c3n2C)cc1C(=O)O. The number of para-hydroxylation sites is 1. The van der Waals surface area contributed by atoms with Crippen molar-refractivity contribution < 1.29 is 15.0 Å². The fraction of sp³-hybridized carbons (Fsp3) is 0.143. The molecule has 6 heteroatoms. The zero-order valence-corrected chi connectivity index (χ0v) is 11.0. The van der Waals surface area contributed by atoms with Crippen LogP contribution >= 0.6 is 0 Å². The fourth-order valence-corrected chi connectivity index (χ4v) is 2.43. The lowest BCUT2D eigenvalue weighted by molar-refractivity contribution is 0.0685. The van der Waals surface area contributed by atoms with Crippen LogP contribution in [0.5, 0.6) is 5.75 Å². The third-order valence-electron chi connectivity index (χ3n) is 3.40. The summed E-state index contributed by atoms with van der Waals surface area (Å²) >= 11 is 0. The smallest absolute Gasteiger partial charge is 0.354 e. The number of phenolic OH excluding ortho intramolecular Hbond substituents is 1. The molecule has 0 spiro atoms. The van der Waals surface area contributed by atoms with Gasteiger partial charge in [0, 0.05) is 25.5 Å². The first-order valence-corrected chi connectivity index (χ1v) is 6.04. The topological polar surface area (TPSA) is 80.3 Å². The summed E-state index contributed by atoms with van der Waals surface area (Å²) in [5.41, 5.74) is 2.13. The first kappa shape index (κ1) is 12.3. The number of aromatic hydroxyl groups is 1. The van der Waals surface area contributed by atoms with Gasteiger partial charge in [-0.2, -0.15) is 5.10 Å². The van der Waals surface area contributed by atoms with Gasteiger partial charge in [0.05, 0.1) is 11.2 Å². The van der Waals surface area contributed by atoms with Crippen LogP contribution in [0.1, 0.15) is 10.5 Å². The van der Waals surface area contributed by atoms with Crippen molar-refractivity contribution in [2.75, 3.05) is 0 Å². The Hall–Kier alpha value is -2.76. The van der Waals surface area contributed by atoms with Crippen molar-refractivity contribution in [2.24, 2.45) is 14.1 Å². The fourth-order valence-electron chi connectivity index (χ4n) is 2.43. The quantitative estimate of drug-likeness (QED) is 0.747. The minimum absolute atomic E-state index is 0.120. The van der Waals surface area contributed by atoms with E-state index in [-0.39, 0.29) is 11.4 Å². The third kappa shape index (κ3) is 1.65. The van der Waals surface area contributed by atoms with Crippen LogP contribution < -0.4 is 0 Å². The van der Waals surface area contributed by atoms with Crippen molar-refractivity contribution in [3.05, 3.63) is 36.0 Å². The average molecular weight is 271 g/mol. The summed E-state index contributed by atoms with van der Waals surface area (Å²) in [7, 11) is 3.40. The van der Waals surface area contributed by atoms with Gasteiger partial charge in [0.25, 0.3) is 0 Å². The van der Waals surface area contributed by atoms with Gasteiger partial charge in [-0.1, -0.05) is 12.1 Å². The highest BCUT2D eigenvalue weighted by molar-refractivity contribution is 5.92. The van der Waals surface area contributed by atoms with Crippen LogP contribution in [0.4, 0.5) is 0 Å². The number of carboxylic acid groups (broad SMARTS) is 1. The summed E-state index contributed by atoms with van der Waals surface area (Å²) in [4.78, 5) is 11.1. The number of benzene rings is 1. The molecule has 0 aliphatic heterocycles. The van der Waals surface area contributed by atoms with Crippen LogP contribution in [0.2, 0.25) is 0 Å². The molecule has 20 heavy (non-hydrogen) atoms. The number of carbonyl (C=O) groups is 1. The summed E-state index contributed by atoms with van der Waals surface area (Å²) in [6, 6.07) is 8.67. The van der Waals surface area contributed by atoms with E-state index in [0.717, 1.165) is 11.1 Å². The molecule has 6 nitrogen and oxygen atoms in total. The lowest BCUT2D eigenvalue weighted by atomic mass is 10.2. The van der Waals surface area contributed by atoms with Crippen molar-refractivity contribution in [1.29, 1.82) is 0 Å². The monoisotopic (exact) mass is 271 g/mol. The second-order valence-electron chi connectivity index (χ2n) is 4.65. The van der Waals surface area contributed by atoms with Gasteiger partial charge >= 0.3 is 5.97 Å². The summed E-state index contributed by atoms with van der Waals surface area (Å²) in [6.45, 7) is 0. The number of hydrogen-bond acceptors (Lipinski definition) is 3. The van der Waals surface area contributed by atoms with E-state index in [1.165, 1.54) is 10.7 Å². The van der Waals surface area contributed by atoms with E-state index in [1.807, 2.05) is 19.2 Å². The summed E-state index contributed by atoms with van der Waals surface area (Å²) in [5.74, 6) is -0.835. The van der Waals surface area contributed by atoms with E-state index in [1.54, 1.807) is 23.7 Å². The maximum absolute atomic E-state index is 11.1. The molecule has 3 aromatic rings. The molecule has 3 rings (SSSR count). The molecule has 2 aromatic heterocycles. The van der Waals surface area contributed by atoms with Gasteiger partial charge in [-0.25, -0.2) is 4.79 Å². The Morgan fingerprint density at radius 1 is 1.25 bits per heavy atom. The first-order valence-electron chi connectivity index (χ1n) is 6.04. The molecular formula is C14H13N3O3. The van der Waals surface area contributed by atoms with Crippen LogP contribution in [0, 0.1) is 0 Å². The lowest BCUT2D eigenvalue weighted by Crippen LogP contribution is -2.04. The van der Waals surface area contributed by atoms with Gasteiger partial charge in [-0.15, -0.1) is 0 Å². The van der Waals surface area contributed by atoms with Crippen molar-refractivity contribution in [3.63, 3.8) is 0 Å². The molecule has 0 saturated carbocycles. The zero-order valence-electron chi connectivity index (χ0n) is 11.0. The highest BCUT2D eigenvalue weighted by Gasteiger charge is 2.17. The molecule has 1 aromatic carbocycles. The number of aryl methyl sites for hydroxylation is 2. The van der Waals surface area contributed by atoms with Gasteiger partial charge in [0.15, 0.2) is 0 Å². The predicted molar refractivity (Wildman–Crippen MR) is 73.7 cm³/mol. The number of phenols is 1. The Bertz CT molecular complexity index is 830. The van der Waals surface area contributed by atoms with E-state index in [0.29, 0.717) is 11.2 Å². The van der Waals surface area contributed by atoms with Crippen molar-refractivity contribution in [3.8, 4) is 17.1 Å². The number of rotatable bonds is 2. The Morgan fingerprint density at radius 3 is 2.60 bits per heavy atom. The van der Waals surface area contributed by atoms with Gasteiger partial charge in [0.2, 0.25) is 0 Å². The van der Waals surface area contributed by atoms with Crippen molar-refractivity contribution >= 4 is 16.9 Å². The largest absolute Gasteiger partial charge is 0.506 e. The van der Waals surface area contributed by atoms with E-state index in [9.17, 15) is 9.90 Å². The minimum Gasteiger partial charge on any atom is -0.506 e. The molecule has 0 aliphatic carbocycles. The molecule has 0 bridgehead atoms. The number of aromatic nitrogens is 3. The molecule has 0 aliphatic rings. The van der Waals surface area contributed by atoms with Crippen LogP contribution in [0.25, 0.3) is 22.3 Å². The molecule has 0 fully saturated rings. The number of fused-ring (bicyclic) bond motifs is 1. The Labute approximate surface area is 114 Å². The number of carboxylic acids is 1. The van der Waals surface area contributed by atoms with Crippen LogP contribution in [0.3, 0.4) is 0 Å². The Balaban J connectivity index is 2.25. The van der Waals surface area contributed by atoms with Crippen LogP contribution in [-0.2, 0) is 14.1 Å². The Morgan fingerprint density at radius 2 is 2.00 bits per heavy atom. The number of hydrogen-bond donors (Lipinski definition) is 2. The molecule has 0 saturated heterocycles. The summed E-state index contributed by atoms with van der Waals surface area (Å²) in [5, 5.41) is 24.1. The molecular weight excluding hydrogens is 258 g/mol. The van der Waals surface area contributed by atoms with E-state index in [4.69, 9.17) is 5.11 Å². The van der Waals surface area contributed by atoms with E-state index in [2.05, 4.69) is 5.10 Å². The first-order chi connectivity index (χ1) is 9.49.